The van der Waals surface area contributed by atoms with Gasteiger partial charge in [-0.05, 0) is 7.05 Å². The van der Waals surface area contributed by atoms with Gasteiger partial charge in [0.2, 0.25) is 11.6 Å². The van der Waals surface area contributed by atoms with Gasteiger partial charge in [0.15, 0.2) is 0 Å². The number of carboxylic acid groups (broad SMARTS) is 1. The van der Waals surface area contributed by atoms with Crippen molar-refractivity contribution < 1.29 is 45.0 Å². The minimum absolute atomic E-state index is 0.465. The second-order valence-electron chi connectivity index (χ2n) is 5.23. The van der Waals surface area contributed by atoms with Gasteiger partial charge in [0, 0.05) is 6.42 Å². The maximum atomic E-state index is 11.4. The lowest BCUT2D eigenvalue weighted by molar-refractivity contribution is -0.236. The highest BCUT2D eigenvalue weighted by Crippen LogP contribution is 2.30. The average Bonchev–Trinajstić information content (AvgIpc) is 2.54. The Hall–Kier alpha value is -1.34. The first-order chi connectivity index (χ1) is 10.7. The van der Waals surface area contributed by atoms with E-state index in [0.29, 0.717) is 0 Å². The molecule has 1 saturated heterocycles. The SMILES string of the molecule is CNC1(C(=O)O)CC(O)C(NC(=O)CO)C(C(O)C(O)CO)O1. The molecule has 0 aromatic heterocycles. The Morgan fingerprint density at radius 2 is 1.96 bits per heavy atom. The number of carboxylic acids is 1. The number of aliphatic hydroxyl groups excluding tert-OH is 5. The second-order valence-corrected chi connectivity index (χ2v) is 5.23. The summed E-state index contributed by atoms with van der Waals surface area (Å²) in [4.78, 5) is 22.8. The maximum Gasteiger partial charge on any atom is 0.351 e. The molecule has 0 aromatic rings. The fraction of sp³-hybridized carbons (Fsp3) is 0.833. The molecule has 0 aromatic carbocycles. The Morgan fingerprint density at radius 3 is 2.39 bits per heavy atom. The minimum atomic E-state index is -2.05. The van der Waals surface area contributed by atoms with Gasteiger partial charge in [0.25, 0.3) is 0 Å². The van der Waals surface area contributed by atoms with Gasteiger partial charge in [0.05, 0.1) is 18.8 Å². The van der Waals surface area contributed by atoms with Gasteiger partial charge in [-0.1, -0.05) is 0 Å². The van der Waals surface area contributed by atoms with Crippen molar-refractivity contribution in [1.29, 1.82) is 0 Å². The molecular formula is C12H22N2O9. The number of hydrogen-bond donors (Lipinski definition) is 8. The summed E-state index contributed by atoms with van der Waals surface area (Å²) in [5.41, 5.74) is -2.05. The van der Waals surface area contributed by atoms with Crippen LogP contribution in [0, 0.1) is 0 Å². The van der Waals surface area contributed by atoms with Gasteiger partial charge in [-0.15, -0.1) is 0 Å². The Kier molecular flexibility index (Phi) is 6.83. The quantitative estimate of drug-likeness (QED) is 0.224. The molecule has 6 atom stereocenters. The highest BCUT2D eigenvalue weighted by atomic mass is 16.6. The van der Waals surface area contributed by atoms with Crippen molar-refractivity contribution in [3.05, 3.63) is 0 Å². The van der Waals surface area contributed by atoms with E-state index in [0.717, 1.165) is 0 Å². The molecule has 134 valence electrons. The molecule has 1 heterocycles. The van der Waals surface area contributed by atoms with E-state index in [4.69, 9.17) is 14.9 Å². The highest BCUT2D eigenvalue weighted by Gasteiger charge is 2.54. The summed E-state index contributed by atoms with van der Waals surface area (Å²) >= 11 is 0. The zero-order valence-electron chi connectivity index (χ0n) is 12.4. The number of carbonyl (C=O) groups is 2. The third kappa shape index (κ3) is 4.14. The first-order valence-corrected chi connectivity index (χ1v) is 6.87. The van der Waals surface area contributed by atoms with E-state index < -0.39 is 67.7 Å². The van der Waals surface area contributed by atoms with Crippen molar-refractivity contribution in [2.75, 3.05) is 20.3 Å². The van der Waals surface area contributed by atoms with Crippen LogP contribution in [0.25, 0.3) is 0 Å². The molecule has 8 N–H and O–H groups in total. The molecule has 1 aliphatic heterocycles. The molecule has 1 rings (SSSR count). The van der Waals surface area contributed by atoms with Crippen molar-refractivity contribution in [3.8, 4) is 0 Å². The van der Waals surface area contributed by atoms with Crippen LogP contribution in [0.2, 0.25) is 0 Å². The lowest BCUT2D eigenvalue weighted by Gasteiger charge is -2.46. The smallest absolute Gasteiger partial charge is 0.351 e. The summed E-state index contributed by atoms with van der Waals surface area (Å²) in [5.74, 6) is -2.36. The second kappa shape index (κ2) is 7.97. The van der Waals surface area contributed by atoms with Crippen LogP contribution in [-0.4, -0.2) is 99.0 Å². The number of ether oxygens (including phenoxy) is 1. The number of nitrogens with one attached hydrogen (secondary N) is 2. The number of amides is 1. The normalized spacial score (nSPS) is 33.7. The molecule has 0 spiro atoms. The van der Waals surface area contributed by atoms with Crippen LogP contribution in [-0.2, 0) is 14.3 Å². The molecule has 1 aliphatic rings. The molecule has 6 unspecified atom stereocenters. The largest absolute Gasteiger partial charge is 0.478 e. The standard InChI is InChI=1S/C12H22N2O9/c1-13-12(11(21)22)2-5(17)8(14-7(19)4-16)10(23-12)9(20)6(18)3-15/h5-6,8-10,13,15-18,20H,2-4H2,1H3,(H,14,19)(H,21,22). The van der Waals surface area contributed by atoms with Crippen LogP contribution in [0.5, 0.6) is 0 Å². The zero-order chi connectivity index (χ0) is 17.8. The van der Waals surface area contributed by atoms with E-state index in [1.807, 2.05) is 0 Å². The first-order valence-electron chi connectivity index (χ1n) is 6.87. The molecule has 0 bridgehead atoms. The molecule has 23 heavy (non-hydrogen) atoms. The molecule has 11 heteroatoms. The van der Waals surface area contributed by atoms with Crippen LogP contribution in [0.3, 0.4) is 0 Å². The Bertz CT molecular complexity index is 435. The maximum absolute atomic E-state index is 11.4. The Morgan fingerprint density at radius 1 is 1.35 bits per heavy atom. The molecule has 11 nitrogen and oxygen atoms in total. The van der Waals surface area contributed by atoms with Crippen molar-refractivity contribution in [1.82, 2.24) is 10.6 Å². The van der Waals surface area contributed by atoms with E-state index in [9.17, 15) is 30.0 Å². The van der Waals surface area contributed by atoms with E-state index >= 15 is 0 Å². The summed E-state index contributed by atoms with van der Waals surface area (Å²) < 4.78 is 5.31. The van der Waals surface area contributed by atoms with E-state index in [1.54, 1.807) is 0 Å². The molecule has 1 fully saturated rings. The lowest BCUT2D eigenvalue weighted by Crippen LogP contribution is -2.70. The van der Waals surface area contributed by atoms with Crippen molar-refractivity contribution in [3.63, 3.8) is 0 Å². The van der Waals surface area contributed by atoms with E-state index in [-0.39, 0.29) is 0 Å². The molecule has 0 saturated carbocycles. The summed E-state index contributed by atoms with van der Waals surface area (Å²) in [6, 6.07) is -1.30. The minimum Gasteiger partial charge on any atom is -0.478 e. The van der Waals surface area contributed by atoms with Crippen LogP contribution in [0.4, 0.5) is 0 Å². The number of aliphatic carboxylic acids is 1. The predicted molar refractivity (Wildman–Crippen MR) is 73.0 cm³/mol. The van der Waals surface area contributed by atoms with E-state index in [1.165, 1.54) is 7.05 Å². The van der Waals surface area contributed by atoms with Crippen LogP contribution in [0.1, 0.15) is 6.42 Å². The molecule has 0 aliphatic carbocycles. The number of likely N-dealkylation sites (N-methyl/N-ethyl adjacent to an activating group) is 1. The molecule has 0 radical (unpaired) electrons. The third-order valence-electron chi connectivity index (χ3n) is 3.74. The van der Waals surface area contributed by atoms with Crippen LogP contribution >= 0.6 is 0 Å². The van der Waals surface area contributed by atoms with Gasteiger partial charge in [-0.25, -0.2) is 4.79 Å². The summed E-state index contributed by atoms with van der Waals surface area (Å²) in [7, 11) is 1.26. The van der Waals surface area contributed by atoms with Crippen LogP contribution in [0.15, 0.2) is 0 Å². The molecule has 1 amide bonds. The molecular weight excluding hydrogens is 316 g/mol. The Labute approximate surface area is 131 Å². The third-order valence-corrected chi connectivity index (χ3v) is 3.74. The number of carbonyl (C=O) groups excluding carboxylic acids is 1. The van der Waals surface area contributed by atoms with Gasteiger partial charge in [-0.3, -0.25) is 10.1 Å². The fourth-order valence-corrected chi connectivity index (χ4v) is 2.42. The topological polar surface area (TPSA) is 189 Å². The van der Waals surface area contributed by atoms with E-state index in [2.05, 4.69) is 10.6 Å². The lowest BCUT2D eigenvalue weighted by atomic mass is 9.87. The zero-order valence-corrected chi connectivity index (χ0v) is 12.4. The van der Waals surface area contributed by atoms with Gasteiger partial charge >= 0.3 is 5.97 Å². The van der Waals surface area contributed by atoms with Crippen molar-refractivity contribution >= 4 is 11.9 Å². The monoisotopic (exact) mass is 338 g/mol. The Balaban J connectivity index is 3.14. The van der Waals surface area contributed by atoms with Crippen molar-refractivity contribution in [2.24, 2.45) is 0 Å². The van der Waals surface area contributed by atoms with Crippen LogP contribution < -0.4 is 10.6 Å². The van der Waals surface area contributed by atoms with Gasteiger partial charge in [-0.2, -0.15) is 0 Å². The first kappa shape index (κ1) is 19.7. The number of rotatable bonds is 7. The number of hydrogen-bond acceptors (Lipinski definition) is 9. The van der Waals surface area contributed by atoms with Gasteiger partial charge < -0.3 is 40.7 Å². The van der Waals surface area contributed by atoms with Gasteiger partial charge in [0.1, 0.15) is 24.9 Å². The average molecular weight is 338 g/mol. The fourth-order valence-electron chi connectivity index (χ4n) is 2.42. The summed E-state index contributed by atoms with van der Waals surface area (Å²) in [5, 5.41) is 61.3. The number of aliphatic hydroxyl groups is 5. The summed E-state index contributed by atoms with van der Waals surface area (Å²) in [6.07, 6.45) is -6.98. The van der Waals surface area contributed by atoms with Crippen molar-refractivity contribution in [2.45, 2.75) is 42.6 Å². The predicted octanol–water partition coefficient (Wildman–Crippen LogP) is -4.67. The summed E-state index contributed by atoms with van der Waals surface area (Å²) in [6.45, 7) is -1.75. The highest BCUT2D eigenvalue weighted by molar-refractivity contribution is 5.78.